The predicted octanol–water partition coefficient (Wildman–Crippen LogP) is 5.69. The normalized spacial score (nSPS) is 18.4. The van der Waals surface area contributed by atoms with Crippen molar-refractivity contribution in [1.82, 2.24) is 5.32 Å². The number of sulfone groups is 1. The lowest BCUT2D eigenvalue weighted by molar-refractivity contribution is 0.344. The van der Waals surface area contributed by atoms with Gasteiger partial charge in [0, 0.05) is 5.92 Å². The Hall–Kier alpha value is -2.11. The highest BCUT2D eigenvalue weighted by Gasteiger charge is 2.25. The zero-order valence-corrected chi connectivity index (χ0v) is 20.8. The molecule has 0 saturated carbocycles. The number of methoxy groups -OCH3 is 1. The molecule has 2 aromatic rings. The molecule has 1 atom stereocenters. The predicted molar refractivity (Wildman–Crippen MR) is 136 cm³/mol. The first kappa shape index (κ1) is 24.0. The standard InChI is InChI=1S/C28H37NO3S/c1-21-10-13-27(32-2)28(20-21)33(30,31)19-16-24-11-12-26-23(8-5-9-25(24)26)7-4-3-6-22-14-17-29-18-15-22/h5,8-13,20,22,24,29H,3-4,6-7,14-19H2,1-2H3. The number of ether oxygens (including phenoxy) is 1. The second-order valence-corrected chi connectivity index (χ2v) is 11.7. The molecule has 1 unspecified atom stereocenters. The minimum atomic E-state index is -3.42. The molecule has 1 saturated heterocycles. The first-order valence-corrected chi connectivity index (χ1v) is 14.0. The highest BCUT2D eigenvalue weighted by Crippen LogP contribution is 2.36. The van der Waals surface area contributed by atoms with Crippen LogP contribution in [0.25, 0.3) is 6.08 Å². The first-order valence-electron chi connectivity index (χ1n) is 12.4. The van der Waals surface area contributed by atoms with E-state index in [-0.39, 0.29) is 11.7 Å². The fourth-order valence-electron chi connectivity index (χ4n) is 5.28. The van der Waals surface area contributed by atoms with Gasteiger partial charge in [0.25, 0.3) is 0 Å². The summed E-state index contributed by atoms with van der Waals surface area (Å²) in [6.07, 6.45) is 12.6. The van der Waals surface area contributed by atoms with Gasteiger partial charge in [-0.05, 0) is 92.4 Å². The Labute approximate surface area is 199 Å². The van der Waals surface area contributed by atoms with Crippen LogP contribution in [-0.2, 0) is 16.3 Å². The molecule has 0 spiro atoms. The number of piperidine rings is 1. The maximum atomic E-state index is 13.1. The van der Waals surface area contributed by atoms with Crippen LogP contribution in [0.4, 0.5) is 0 Å². The fraction of sp³-hybridized carbons (Fsp3) is 0.500. The molecule has 1 aliphatic carbocycles. The zero-order valence-electron chi connectivity index (χ0n) is 20.0. The van der Waals surface area contributed by atoms with E-state index >= 15 is 0 Å². The van der Waals surface area contributed by atoms with Crippen LogP contribution in [0, 0.1) is 12.8 Å². The number of fused-ring (bicyclic) bond motifs is 1. The minimum Gasteiger partial charge on any atom is -0.495 e. The van der Waals surface area contributed by atoms with Crippen molar-refractivity contribution in [3.8, 4) is 5.75 Å². The van der Waals surface area contributed by atoms with Crippen LogP contribution < -0.4 is 10.1 Å². The summed E-state index contributed by atoms with van der Waals surface area (Å²) >= 11 is 0. The monoisotopic (exact) mass is 467 g/mol. The molecule has 0 bridgehead atoms. The Kier molecular flexibility index (Phi) is 7.92. The van der Waals surface area contributed by atoms with Crippen molar-refractivity contribution in [2.45, 2.75) is 62.7 Å². The second-order valence-electron chi connectivity index (χ2n) is 9.59. The Balaban J connectivity index is 1.36. The van der Waals surface area contributed by atoms with E-state index in [1.807, 2.05) is 13.0 Å². The largest absolute Gasteiger partial charge is 0.495 e. The zero-order chi connectivity index (χ0) is 23.3. The molecule has 2 aliphatic rings. The molecule has 4 nitrogen and oxygen atoms in total. The molecule has 33 heavy (non-hydrogen) atoms. The van der Waals surface area contributed by atoms with Gasteiger partial charge in [-0.1, -0.05) is 49.3 Å². The van der Waals surface area contributed by atoms with Crippen molar-refractivity contribution in [2.24, 2.45) is 5.92 Å². The van der Waals surface area contributed by atoms with Gasteiger partial charge in [0.2, 0.25) is 0 Å². The van der Waals surface area contributed by atoms with Crippen LogP contribution in [0.1, 0.15) is 66.7 Å². The molecule has 1 N–H and O–H groups in total. The van der Waals surface area contributed by atoms with Crippen molar-refractivity contribution in [1.29, 1.82) is 0 Å². The number of aryl methyl sites for hydroxylation is 2. The van der Waals surface area contributed by atoms with E-state index in [1.165, 1.54) is 69.0 Å². The van der Waals surface area contributed by atoms with Crippen LogP contribution in [0.15, 0.2) is 47.4 Å². The summed E-state index contributed by atoms with van der Waals surface area (Å²) in [6.45, 7) is 4.26. The maximum Gasteiger partial charge on any atom is 0.182 e. The molecule has 0 aromatic heterocycles. The molecule has 0 amide bonds. The van der Waals surface area contributed by atoms with Gasteiger partial charge in [-0.25, -0.2) is 8.42 Å². The van der Waals surface area contributed by atoms with Gasteiger partial charge in [0.15, 0.2) is 9.84 Å². The average molecular weight is 468 g/mol. The van der Waals surface area contributed by atoms with E-state index in [2.05, 4.69) is 35.7 Å². The third kappa shape index (κ3) is 5.88. The molecule has 1 fully saturated rings. The summed E-state index contributed by atoms with van der Waals surface area (Å²) in [5, 5.41) is 3.45. The van der Waals surface area contributed by atoms with Gasteiger partial charge in [-0.3, -0.25) is 0 Å². The summed E-state index contributed by atoms with van der Waals surface area (Å²) in [4.78, 5) is 0.301. The summed E-state index contributed by atoms with van der Waals surface area (Å²) in [6, 6.07) is 11.9. The topological polar surface area (TPSA) is 55.4 Å². The molecule has 4 rings (SSSR count). The number of hydrogen-bond acceptors (Lipinski definition) is 4. The van der Waals surface area contributed by atoms with Gasteiger partial charge in [-0.2, -0.15) is 0 Å². The lowest BCUT2D eigenvalue weighted by Gasteiger charge is -2.22. The number of nitrogens with one attached hydrogen (secondary N) is 1. The van der Waals surface area contributed by atoms with Crippen LogP contribution in [-0.4, -0.2) is 34.4 Å². The fourth-order valence-corrected chi connectivity index (χ4v) is 6.89. The molecule has 1 aliphatic heterocycles. The molecule has 5 heteroatoms. The lowest BCUT2D eigenvalue weighted by Crippen LogP contribution is -2.27. The van der Waals surface area contributed by atoms with Crippen molar-refractivity contribution >= 4 is 15.9 Å². The second kappa shape index (κ2) is 10.9. The van der Waals surface area contributed by atoms with Crippen molar-refractivity contribution in [3.63, 3.8) is 0 Å². The number of benzene rings is 2. The molecule has 0 radical (unpaired) electrons. The van der Waals surface area contributed by atoms with Crippen molar-refractivity contribution in [2.75, 3.05) is 26.0 Å². The summed E-state index contributed by atoms with van der Waals surface area (Å²) in [5.41, 5.74) is 4.91. The van der Waals surface area contributed by atoms with E-state index in [0.29, 0.717) is 17.1 Å². The number of rotatable bonds is 10. The number of allylic oxidation sites excluding steroid dienone is 1. The highest BCUT2D eigenvalue weighted by atomic mass is 32.2. The van der Waals surface area contributed by atoms with Crippen LogP contribution in [0.2, 0.25) is 0 Å². The number of hydrogen-bond donors (Lipinski definition) is 1. The lowest BCUT2D eigenvalue weighted by atomic mass is 9.90. The highest BCUT2D eigenvalue weighted by molar-refractivity contribution is 7.91. The van der Waals surface area contributed by atoms with Gasteiger partial charge >= 0.3 is 0 Å². The van der Waals surface area contributed by atoms with E-state index < -0.39 is 9.84 Å². The maximum absolute atomic E-state index is 13.1. The van der Waals surface area contributed by atoms with Crippen molar-refractivity contribution in [3.05, 3.63) is 64.7 Å². The first-order chi connectivity index (χ1) is 16.0. The van der Waals surface area contributed by atoms with E-state index in [1.54, 1.807) is 12.1 Å². The third-order valence-electron chi connectivity index (χ3n) is 7.24. The van der Waals surface area contributed by atoms with Crippen molar-refractivity contribution < 1.29 is 13.2 Å². The Morgan fingerprint density at radius 1 is 1.06 bits per heavy atom. The van der Waals surface area contributed by atoms with E-state index in [9.17, 15) is 8.42 Å². The molecule has 1 heterocycles. The van der Waals surface area contributed by atoms with Crippen LogP contribution in [0.3, 0.4) is 0 Å². The number of unbranched alkanes of at least 4 members (excludes halogenated alkanes) is 1. The minimum absolute atomic E-state index is 0.113. The SMILES string of the molecule is COc1ccc(C)cc1S(=O)(=O)CCC1C=Cc2c(CCCCC3CCNCC3)cccc21. The van der Waals surface area contributed by atoms with Gasteiger partial charge < -0.3 is 10.1 Å². The van der Waals surface area contributed by atoms with Crippen LogP contribution in [0.5, 0.6) is 5.75 Å². The van der Waals surface area contributed by atoms with Gasteiger partial charge in [0.1, 0.15) is 10.6 Å². The molecule has 178 valence electrons. The summed E-state index contributed by atoms with van der Waals surface area (Å²) < 4.78 is 31.5. The smallest absolute Gasteiger partial charge is 0.182 e. The van der Waals surface area contributed by atoms with E-state index in [4.69, 9.17) is 4.74 Å². The molecular formula is C28H37NO3S. The van der Waals surface area contributed by atoms with Gasteiger partial charge in [0.05, 0.1) is 12.9 Å². The quantitative estimate of drug-likeness (QED) is 0.456. The Morgan fingerprint density at radius 3 is 2.67 bits per heavy atom. The van der Waals surface area contributed by atoms with E-state index in [0.717, 1.165) is 17.9 Å². The Morgan fingerprint density at radius 2 is 1.88 bits per heavy atom. The molecule has 2 aromatic carbocycles. The summed E-state index contributed by atoms with van der Waals surface area (Å²) in [5.74, 6) is 1.59. The third-order valence-corrected chi connectivity index (χ3v) is 9.01. The van der Waals surface area contributed by atoms with Gasteiger partial charge in [-0.15, -0.1) is 0 Å². The summed E-state index contributed by atoms with van der Waals surface area (Å²) in [7, 11) is -1.90. The Bertz CT molecular complexity index is 1080. The average Bonchev–Trinajstić information content (AvgIpc) is 3.25. The molecular weight excluding hydrogens is 430 g/mol. The van der Waals surface area contributed by atoms with Crippen LogP contribution >= 0.6 is 0 Å².